The lowest BCUT2D eigenvalue weighted by molar-refractivity contribution is 0.529. The molecule has 0 amide bonds. The van der Waals surface area contributed by atoms with E-state index in [1.807, 2.05) is 55.0 Å². The summed E-state index contributed by atoms with van der Waals surface area (Å²) in [6, 6.07) is 4.33. The van der Waals surface area contributed by atoms with E-state index in [1.54, 1.807) is 0 Å². The lowest BCUT2D eigenvalue weighted by atomic mass is 10.1. The molecule has 86 valence electrons. The smallest absolute Gasteiger partial charge is 0.0644 e. The molecule has 0 aromatic carbocycles. The van der Waals surface area contributed by atoms with Crippen molar-refractivity contribution in [3.8, 4) is 0 Å². The summed E-state index contributed by atoms with van der Waals surface area (Å²) in [6.45, 7) is 0. The maximum atomic E-state index is 4.38. The van der Waals surface area contributed by atoms with Gasteiger partial charge in [0.05, 0.1) is 17.4 Å². The highest BCUT2D eigenvalue weighted by Crippen LogP contribution is 2.15. The molecule has 0 aliphatic carbocycles. The molecule has 0 radical (unpaired) electrons. The van der Waals surface area contributed by atoms with Gasteiger partial charge < -0.3 is 5.32 Å². The molecule has 16 heavy (non-hydrogen) atoms. The van der Waals surface area contributed by atoms with E-state index in [2.05, 4.69) is 15.5 Å². The van der Waals surface area contributed by atoms with Gasteiger partial charge in [0, 0.05) is 32.9 Å². The predicted octanol–water partition coefficient (Wildman–Crippen LogP) is 0.657. The first-order chi connectivity index (χ1) is 7.70. The average Bonchev–Trinajstić information content (AvgIpc) is 2.84. The lowest BCUT2D eigenvalue weighted by Crippen LogP contribution is -2.21. The molecule has 0 spiro atoms. The summed E-state index contributed by atoms with van der Waals surface area (Å²) in [5, 5.41) is 11.9. The van der Waals surface area contributed by atoms with Gasteiger partial charge in [0.2, 0.25) is 0 Å². The van der Waals surface area contributed by atoms with Crippen molar-refractivity contribution in [3.05, 3.63) is 35.9 Å². The van der Waals surface area contributed by atoms with Gasteiger partial charge in [0.25, 0.3) is 0 Å². The summed E-state index contributed by atoms with van der Waals surface area (Å²) in [4.78, 5) is 0. The molecule has 0 saturated carbocycles. The van der Waals surface area contributed by atoms with E-state index >= 15 is 0 Å². The van der Waals surface area contributed by atoms with Crippen LogP contribution in [0, 0.1) is 0 Å². The van der Waals surface area contributed by atoms with Gasteiger partial charge >= 0.3 is 0 Å². The highest BCUT2D eigenvalue weighted by Gasteiger charge is 2.14. The third-order valence-corrected chi connectivity index (χ3v) is 2.75. The highest BCUT2D eigenvalue weighted by atomic mass is 15.3. The van der Waals surface area contributed by atoms with Crippen LogP contribution in [0.2, 0.25) is 0 Å². The Labute approximate surface area is 95.1 Å². The van der Waals surface area contributed by atoms with Crippen LogP contribution in [-0.4, -0.2) is 26.6 Å². The van der Waals surface area contributed by atoms with E-state index in [9.17, 15) is 0 Å². The summed E-state index contributed by atoms with van der Waals surface area (Å²) in [6.07, 6.45) is 4.65. The largest absolute Gasteiger partial charge is 0.311 e. The maximum Gasteiger partial charge on any atom is 0.0644 e. The number of nitrogens with zero attached hydrogens (tertiary/aromatic N) is 4. The molecule has 0 fully saturated rings. The standard InChI is InChI=1S/C11H17N5/c1-12-10(11-4-6-13-16(11)3)8-9-5-7-15(2)14-9/h4-7,10,12H,8H2,1-3H3. The second-order valence-electron chi connectivity index (χ2n) is 3.91. The van der Waals surface area contributed by atoms with Gasteiger partial charge in [-0.2, -0.15) is 10.2 Å². The third kappa shape index (κ3) is 2.14. The molecule has 2 aromatic heterocycles. The fourth-order valence-corrected chi connectivity index (χ4v) is 1.86. The van der Waals surface area contributed by atoms with Gasteiger partial charge in [-0.3, -0.25) is 9.36 Å². The lowest BCUT2D eigenvalue weighted by Gasteiger charge is -2.15. The van der Waals surface area contributed by atoms with Crippen molar-refractivity contribution >= 4 is 0 Å². The fourth-order valence-electron chi connectivity index (χ4n) is 1.86. The zero-order valence-corrected chi connectivity index (χ0v) is 9.88. The Kier molecular flexibility index (Phi) is 3.05. The molecule has 2 aromatic rings. The van der Waals surface area contributed by atoms with Crippen LogP contribution >= 0.6 is 0 Å². The van der Waals surface area contributed by atoms with Crippen molar-refractivity contribution < 1.29 is 0 Å². The molecular formula is C11H17N5. The number of nitrogens with one attached hydrogen (secondary N) is 1. The summed E-state index contributed by atoms with van der Waals surface area (Å²) in [7, 11) is 5.85. The molecule has 0 aliphatic heterocycles. The van der Waals surface area contributed by atoms with E-state index in [1.165, 1.54) is 5.69 Å². The van der Waals surface area contributed by atoms with E-state index in [4.69, 9.17) is 0 Å². The van der Waals surface area contributed by atoms with Crippen LogP contribution < -0.4 is 5.32 Å². The van der Waals surface area contributed by atoms with Crippen LogP contribution in [0.4, 0.5) is 0 Å². The zero-order valence-electron chi connectivity index (χ0n) is 9.88. The molecule has 2 heterocycles. The number of aromatic nitrogens is 4. The quantitative estimate of drug-likeness (QED) is 0.821. The predicted molar refractivity (Wildman–Crippen MR) is 61.9 cm³/mol. The Morgan fingerprint density at radius 2 is 2.19 bits per heavy atom. The molecule has 0 aliphatic rings. The van der Waals surface area contributed by atoms with E-state index in [0.717, 1.165) is 12.1 Å². The van der Waals surface area contributed by atoms with Crippen molar-refractivity contribution in [3.63, 3.8) is 0 Å². The first-order valence-electron chi connectivity index (χ1n) is 5.34. The Balaban J connectivity index is 2.15. The van der Waals surface area contributed by atoms with E-state index in [-0.39, 0.29) is 6.04 Å². The minimum absolute atomic E-state index is 0.252. The average molecular weight is 219 g/mol. The normalized spacial score (nSPS) is 12.9. The van der Waals surface area contributed by atoms with Gasteiger partial charge in [-0.25, -0.2) is 0 Å². The molecule has 1 unspecified atom stereocenters. The van der Waals surface area contributed by atoms with Gasteiger partial charge in [-0.1, -0.05) is 0 Å². The van der Waals surface area contributed by atoms with E-state index < -0.39 is 0 Å². The molecule has 0 saturated heterocycles. The summed E-state index contributed by atoms with van der Waals surface area (Å²) >= 11 is 0. The molecule has 2 rings (SSSR count). The summed E-state index contributed by atoms with van der Waals surface area (Å²) in [5.41, 5.74) is 2.26. The molecular weight excluding hydrogens is 202 g/mol. The Morgan fingerprint density at radius 1 is 1.38 bits per heavy atom. The number of rotatable bonds is 4. The summed E-state index contributed by atoms with van der Waals surface area (Å²) < 4.78 is 3.72. The van der Waals surface area contributed by atoms with Crippen molar-refractivity contribution in [2.24, 2.45) is 14.1 Å². The number of hydrogen-bond acceptors (Lipinski definition) is 3. The fraction of sp³-hybridized carbons (Fsp3) is 0.455. The first kappa shape index (κ1) is 10.9. The van der Waals surface area contributed by atoms with Crippen LogP contribution in [-0.2, 0) is 20.5 Å². The Morgan fingerprint density at radius 3 is 2.69 bits per heavy atom. The number of aryl methyl sites for hydroxylation is 2. The Hall–Kier alpha value is -1.62. The van der Waals surface area contributed by atoms with E-state index in [0.29, 0.717) is 0 Å². The molecule has 0 bridgehead atoms. The zero-order chi connectivity index (χ0) is 11.5. The monoisotopic (exact) mass is 219 g/mol. The summed E-state index contributed by atoms with van der Waals surface area (Å²) in [5.74, 6) is 0. The van der Waals surface area contributed by atoms with Crippen molar-refractivity contribution in [2.45, 2.75) is 12.5 Å². The second-order valence-corrected chi connectivity index (χ2v) is 3.91. The number of hydrogen-bond donors (Lipinski definition) is 1. The van der Waals surface area contributed by atoms with Crippen LogP contribution in [0.1, 0.15) is 17.4 Å². The van der Waals surface area contributed by atoms with Crippen LogP contribution in [0.25, 0.3) is 0 Å². The van der Waals surface area contributed by atoms with Crippen molar-refractivity contribution in [2.75, 3.05) is 7.05 Å². The minimum atomic E-state index is 0.252. The van der Waals surface area contributed by atoms with Gasteiger partial charge in [-0.05, 0) is 19.2 Å². The second kappa shape index (κ2) is 4.49. The SMILES string of the molecule is CNC(Cc1ccn(C)n1)c1ccnn1C. The molecule has 5 nitrogen and oxygen atoms in total. The van der Waals surface area contributed by atoms with Gasteiger partial charge in [0.15, 0.2) is 0 Å². The van der Waals surface area contributed by atoms with Gasteiger partial charge in [-0.15, -0.1) is 0 Å². The minimum Gasteiger partial charge on any atom is -0.311 e. The topological polar surface area (TPSA) is 47.7 Å². The molecule has 5 heteroatoms. The van der Waals surface area contributed by atoms with Crippen molar-refractivity contribution in [1.29, 1.82) is 0 Å². The Bertz CT molecular complexity index is 456. The first-order valence-corrected chi connectivity index (χ1v) is 5.34. The highest BCUT2D eigenvalue weighted by molar-refractivity contribution is 5.11. The third-order valence-electron chi connectivity index (χ3n) is 2.75. The maximum absolute atomic E-state index is 4.38. The van der Waals surface area contributed by atoms with Crippen LogP contribution in [0.3, 0.4) is 0 Å². The molecule has 1 atom stereocenters. The van der Waals surface area contributed by atoms with Gasteiger partial charge in [0.1, 0.15) is 0 Å². The molecule has 1 N–H and O–H groups in total. The van der Waals surface area contributed by atoms with Crippen molar-refractivity contribution in [1.82, 2.24) is 24.9 Å². The van der Waals surface area contributed by atoms with Crippen LogP contribution in [0.5, 0.6) is 0 Å². The number of likely N-dealkylation sites (N-methyl/N-ethyl adjacent to an activating group) is 1. The van der Waals surface area contributed by atoms with Crippen LogP contribution in [0.15, 0.2) is 24.5 Å².